The largest absolute Gasteiger partial charge is 0.354 e. The molecule has 0 saturated carbocycles. The smallest absolute Gasteiger partial charge is 0.239 e. The molecule has 0 aliphatic carbocycles. The maximum Gasteiger partial charge on any atom is 0.239 e. The van der Waals surface area contributed by atoms with Crippen molar-refractivity contribution in [3.8, 4) is 0 Å². The lowest BCUT2D eigenvalue weighted by Crippen LogP contribution is -2.34. The zero-order chi connectivity index (χ0) is 18.0. The van der Waals surface area contributed by atoms with Crippen LogP contribution in [-0.4, -0.2) is 40.3 Å². The number of nitrogens with zero attached hydrogens (tertiary/aromatic N) is 2. The van der Waals surface area contributed by atoms with Gasteiger partial charge in [-0.15, -0.1) is 0 Å². The first-order valence-corrected chi connectivity index (χ1v) is 9.11. The summed E-state index contributed by atoms with van der Waals surface area (Å²) in [6, 6.07) is 7.93. The fourth-order valence-corrected chi connectivity index (χ4v) is 3.68. The molecule has 6 nitrogen and oxygen atoms in total. The van der Waals surface area contributed by atoms with Crippen LogP contribution < -0.4 is 5.32 Å². The van der Waals surface area contributed by atoms with Gasteiger partial charge in [0.15, 0.2) is 0 Å². The molecule has 0 radical (unpaired) electrons. The molecule has 25 heavy (non-hydrogen) atoms. The van der Waals surface area contributed by atoms with E-state index in [9.17, 15) is 14.4 Å². The summed E-state index contributed by atoms with van der Waals surface area (Å²) in [5.41, 5.74) is 2.01. The molecule has 1 aromatic heterocycles. The highest BCUT2D eigenvalue weighted by Crippen LogP contribution is 2.30. The van der Waals surface area contributed by atoms with Crippen LogP contribution in [0, 0.1) is 6.92 Å². The van der Waals surface area contributed by atoms with E-state index in [1.807, 2.05) is 35.8 Å². The van der Waals surface area contributed by atoms with E-state index in [2.05, 4.69) is 21.2 Å². The van der Waals surface area contributed by atoms with Gasteiger partial charge in [0.2, 0.25) is 17.7 Å². The minimum absolute atomic E-state index is 0.0876. The van der Waals surface area contributed by atoms with Crippen LogP contribution >= 0.6 is 15.9 Å². The fraction of sp³-hybridized carbons (Fsp3) is 0.389. The number of benzene rings is 1. The van der Waals surface area contributed by atoms with Gasteiger partial charge in [-0.1, -0.05) is 18.2 Å². The average molecular weight is 406 g/mol. The highest BCUT2D eigenvalue weighted by Gasteiger charge is 2.27. The Hall–Kier alpha value is -2.15. The van der Waals surface area contributed by atoms with E-state index in [4.69, 9.17) is 0 Å². The molecule has 0 spiro atoms. The first kappa shape index (κ1) is 17.7. The summed E-state index contributed by atoms with van der Waals surface area (Å²) in [5.74, 6) is -0.318. The maximum atomic E-state index is 12.2. The van der Waals surface area contributed by atoms with Crippen molar-refractivity contribution in [3.05, 3.63) is 34.4 Å². The normalized spacial score (nSPS) is 14.6. The molecular weight excluding hydrogens is 386 g/mol. The summed E-state index contributed by atoms with van der Waals surface area (Å²) < 4.78 is 2.98. The molecule has 0 unspecified atom stereocenters. The van der Waals surface area contributed by atoms with Crippen molar-refractivity contribution in [3.63, 3.8) is 0 Å². The van der Waals surface area contributed by atoms with E-state index < -0.39 is 0 Å². The zero-order valence-corrected chi connectivity index (χ0v) is 15.6. The number of para-hydroxylation sites is 1. The van der Waals surface area contributed by atoms with E-state index in [-0.39, 0.29) is 24.3 Å². The van der Waals surface area contributed by atoms with Gasteiger partial charge in [-0.3, -0.25) is 19.3 Å². The van der Waals surface area contributed by atoms with Gasteiger partial charge in [-0.25, -0.2) is 0 Å². The lowest BCUT2D eigenvalue weighted by Gasteiger charge is -2.14. The average Bonchev–Trinajstić information content (AvgIpc) is 3.04. The SMILES string of the molecule is Cc1c(Br)c2ccccc2n1CC(=O)NCCCN1C(=O)CCC1=O. The molecule has 2 aromatic rings. The van der Waals surface area contributed by atoms with Crippen molar-refractivity contribution in [2.75, 3.05) is 13.1 Å². The van der Waals surface area contributed by atoms with Gasteiger partial charge in [0.05, 0.1) is 0 Å². The molecule has 3 rings (SSSR count). The van der Waals surface area contributed by atoms with Crippen LogP contribution in [0.3, 0.4) is 0 Å². The number of rotatable bonds is 6. The second-order valence-electron chi connectivity index (χ2n) is 6.15. The standard InChI is InChI=1S/C18H20BrN3O3/c1-12-18(19)13-5-2-3-6-14(13)22(12)11-15(23)20-9-4-10-21-16(24)7-8-17(21)25/h2-3,5-6H,4,7-11H2,1H3,(H,20,23). The summed E-state index contributed by atoms with van der Waals surface area (Å²) in [5, 5.41) is 3.94. The highest BCUT2D eigenvalue weighted by atomic mass is 79.9. The fourth-order valence-electron chi connectivity index (χ4n) is 3.13. The van der Waals surface area contributed by atoms with E-state index in [1.165, 1.54) is 4.90 Å². The van der Waals surface area contributed by atoms with Crippen LogP contribution in [0.5, 0.6) is 0 Å². The molecule has 2 heterocycles. The number of likely N-dealkylation sites (tertiary alicyclic amines) is 1. The second kappa shape index (κ2) is 7.39. The third-order valence-electron chi connectivity index (χ3n) is 4.49. The molecule has 0 atom stereocenters. The number of amides is 3. The molecule has 1 fully saturated rings. The Bertz CT molecular complexity index is 827. The van der Waals surface area contributed by atoms with Gasteiger partial charge in [-0.05, 0) is 35.3 Å². The monoisotopic (exact) mass is 405 g/mol. The summed E-state index contributed by atoms with van der Waals surface area (Å²) in [7, 11) is 0. The number of halogens is 1. The Morgan fingerprint density at radius 3 is 2.60 bits per heavy atom. The molecule has 1 saturated heterocycles. The van der Waals surface area contributed by atoms with Crippen molar-refractivity contribution in [2.24, 2.45) is 0 Å². The summed E-state index contributed by atoms with van der Waals surface area (Å²) in [6.07, 6.45) is 1.18. The van der Waals surface area contributed by atoms with Gasteiger partial charge in [0.1, 0.15) is 6.54 Å². The van der Waals surface area contributed by atoms with Crippen molar-refractivity contribution in [1.82, 2.24) is 14.8 Å². The Morgan fingerprint density at radius 2 is 1.88 bits per heavy atom. The highest BCUT2D eigenvalue weighted by molar-refractivity contribution is 9.10. The number of aromatic nitrogens is 1. The topological polar surface area (TPSA) is 71.4 Å². The van der Waals surface area contributed by atoms with Gasteiger partial charge in [0, 0.05) is 47.0 Å². The van der Waals surface area contributed by atoms with Crippen LogP contribution in [0.4, 0.5) is 0 Å². The minimum atomic E-state index is -0.115. The number of nitrogens with one attached hydrogen (secondary N) is 1. The lowest BCUT2D eigenvalue weighted by atomic mass is 10.2. The first-order chi connectivity index (χ1) is 12.0. The van der Waals surface area contributed by atoms with Crippen LogP contribution in [0.15, 0.2) is 28.7 Å². The van der Waals surface area contributed by atoms with Crippen molar-refractivity contribution >= 4 is 44.6 Å². The van der Waals surface area contributed by atoms with E-state index in [1.54, 1.807) is 0 Å². The second-order valence-corrected chi connectivity index (χ2v) is 6.94. The Balaban J connectivity index is 1.54. The van der Waals surface area contributed by atoms with Crippen molar-refractivity contribution < 1.29 is 14.4 Å². The minimum Gasteiger partial charge on any atom is -0.354 e. The third kappa shape index (κ3) is 3.61. The summed E-state index contributed by atoms with van der Waals surface area (Å²) in [4.78, 5) is 36.6. The molecule has 1 aliphatic heterocycles. The van der Waals surface area contributed by atoms with Gasteiger partial charge in [0.25, 0.3) is 0 Å². The quantitative estimate of drug-likeness (QED) is 0.592. The predicted molar refractivity (Wildman–Crippen MR) is 98.0 cm³/mol. The predicted octanol–water partition coefficient (Wildman–Crippen LogP) is 2.37. The van der Waals surface area contributed by atoms with Crippen LogP contribution in [-0.2, 0) is 20.9 Å². The van der Waals surface area contributed by atoms with Crippen molar-refractivity contribution in [1.29, 1.82) is 0 Å². The van der Waals surface area contributed by atoms with Gasteiger partial charge < -0.3 is 9.88 Å². The number of hydrogen-bond acceptors (Lipinski definition) is 3. The van der Waals surface area contributed by atoms with E-state index in [0.717, 1.165) is 21.1 Å². The van der Waals surface area contributed by atoms with Crippen LogP contribution in [0.2, 0.25) is 0 Å². The Kier molecular flexibility index (Phi) is 5.22. The number of imide groups is 1. The maximum absolute atomic E-state index is 12.2. The Morgan fingerprint density at radius 1 is 1.20 bits per heavy atom. The number of carbonyl (C=O) groups is 3. The molecule has 7 heteroatoms. The first-order valence-electron chi connectivity index (χ1n) is 8.32. The Labute approximate surface area is 154 Å². The van der Waals surface area contributed by atoms with E-state index >= 15 is 0 Å². The molecule has 3 amide bonds. The molecule has 1 aromatic carbocycles. The summed E-state index contributed by atoms with van der Waals surface area (Å²) >= 11 is 3.58. The van der Waals surface area contributed by atoms with Gasteiger partial charge in [-0.2, -0.15) is 0 Å². The number of hydrogen-bond donors (Lipinski definition) is 1. The lowest BCUT2D eigenvalue weighted by molar-refractivity contribution is -0.138. The molecule has 0 bridgehead atoms. The zero-order valence-electron chi connectivity index (χ0n) is 14.0. The summed E-state index contributed by atoms with van der Waals surface area (Å²) in [6.45, 7) is 3.02. The van der Waals surface area contributed by atoms with Crippen LogP contribution in [0.25, 0.3) is 10.9 Å². The van der Waals surface area contributed by atoms with Crippen molar-refractivity contribution in [2.45, 2.75) is 32.7 Å². The third-order valence-corrected chi connectivity index (χ3v) is 5.49. The molecular formula is C18H20BrN3O3. The van der Waals surface area contributed by atoms with E-state index in [0.29, 0.717) is 32.4 Å². The number of fused-ring (bicyclic) bond motifs is 1. The molecule has 132 valence electrons. The van der Waals surface area contributed by atoms with Gasteiger partial charge >= 0.3 is 0 Å². The number of carbonyl (C=O) groups excluding carboxylic acids is 3. The molecule has 1 N–H and O–H groups in total. The molecule has 1 aliphatic rings. The van der Waals surface area contributed by atoms with Crippen LogP contribution in [0.1, 0.15) is 25.0 Å².